The number of esters is 1. The second-order valence-electron chi connectivity index (χ2n) is 8.37. The third kappa shape index (κ3) is 4.17. The zero-order valence-corrected chi connectivity index (χ0v) is 22.1. The maximum Gasteiger partial charge on any atom is 0.326 e. The summed E-state index contributed by atoms with van der Waals surface area (Å²) in [6.45, 7) is 3.62. The molecule has 5 rings (SSSR count). The zero-order chi connectivity index (χ0) is 24.9. The SMILES string of the molecule is CCOC(=O)Cn1c2c(sc1=O)[C@@H](c1ccc(Br)cc1)[C@@H]1C(=O)N(c3ccc(C)cc3)C(=O)[C@@H]1S2. The summed E-state index contributed by atoms with van der Waals surface area (Å²) in [5.41, 5.74) is 2.39. The van der Waals surface area contributed by atoms with Crippen LogP contribution in [0.3, 0.4) is 0 Å². The number of ether oxygens (including phenoxy) is 1. The minimum Gasteiger partial charge on any atom is -0.465 e. The number of carbonyl (C=O) groups excluding carboxylic acids is 3. The van der Waals surface area contributed by atoms with Crippen LogP contribution < -0.4 is 9.77 Å². The van der Waals surface area contributed by atoms with Crippen molar-refractivity contribution < 1.29 is 19.1 Å². The highest BCUT2D eigenvalue weighted by Crippen LogP contribution is 2.53. The largest absolute Gasteiger partial charge is 0.465 e. The summed E-state index contributed by atoms with van der Waals surface area (Å²) in [5, 5.41) is -0.165. The van der Waals surface area contributed by atoms with Crippen LogP contribution >= 0.6 is 39.0 Å². The molecular formula is C25H21BrN2O5S2. The molecule has 0 radical (unpaired) electrons. The monoisotopic (exact) mass is 572 g/mol. The number of thiazole rings is 1. The Hall–Kier alpha value is -2.69. The van der Waals surface area contributed by atoms with Crippen LogP contribution in [-0.2, 0) is 25.7 Å². The first-order chi connectivity index (χ1) is 16.8. The van der Waals surface area contributed by atoms with E-state index >= 15 is 0 Å². The van der Waals surface area contributed by atoms with Crippen molar-refractivity contribution >= 4 is 62.5 Å². The van der Waals surface area contributed by atoms with Crippen LogP contribution in [0.15, 0.2) is 62.8 Å². The molecule has 2 aliphatic rings. The Kier molecular flexibility index (Phi) is 6.45. The van der Waals surface area contributed by atoms with Crippen LogP contribution in [0.2, 0.25) is 0 Å². The normalized spacial score (nSPS) is 21.1. The highest BCUT2D eigenvalue weighted by atomic mass is 79.9. The quantitative estimate of drug-likeness (QED) is 0.334. The number of fused-ring (bicyclic) bond motifs is 2. The number of hydrogen-bond donors (Lipinski definition) is 0. The van der Waals surface area contributed by atoms with Gasteiger partial charge in [-0.05, 0) is 43.7 Å². The highest BCUT2D eigenvalue weighted by Gasteiger charge is 2.56. The van der Waals surface area contributed by atoms with Gasteiger partial charge in [-0.2, -0.15) is 0 Å². The molecule has 2 aliphatic heterocycles. The summed E-state index contributed by atoms with van der Waals surface area (Å²) in [5.74, 6) is -2.28. The molecule has 0 unspecified atom stereocenters. The molecule has 3 atom stereocenters. The van der Waals surface area contributed by atoms with Crippen molar-refractivity contribution in [1.82, 2.24) is 4.57 Å². The van der Waals surface area contributed by atoms with Gasteiger partial charge in [0.2, 0.25) is 11.8 Å². The van der Waals surface area contributed by atoms with Gasteiger partial charge in [-0.25, -0.2) is 4.90 Å². The van der Waals surface area contributed by atoms with Crippen molar-refractivity contribution in [3.63, 3.8) is 0 Å². The van der Waals surface area contributed by atoms with E-state index in [-0.39, 0.29) is 29.8 Å². The minimum atomic E-state index is -0.715. The molecule has 3 heterocycles. The smallest absolute Gasteiger partial charge is 0.326 e. The van der Waals surface area contributed by atoms with Gasteiger partial charge < -0.3 is 4.74 Å². The summed E-state index contributed by atoms with van der Waals surface area (Å²) < 4.78 is 7.31. The summed E-state index contributed by atoms with van der Waals surface area (Å²) in [6, 6.07) is 14.8. The molecule has 0 spiro atoms. The first-order valence-corrected chi connectivity index (χ1v) is 13.5. The summed E-state index contributed by atoms with van der Waals surface area (Å²) in [6.07, 6.45) is 0. The third-order valence-electron chi connectivity index (χ3n) is 6.16. The number of nitrogens with zero attached hydrogens (tertiary/aromatic N) is 2. The number of thioether (sulfide) groups is 1. The van der Waals surface area contributed by atoms with Gasteiger partial charge >= 0.3 is 10.8 Å². The molecule has 2 amide bonds. The van der Waals surface area contributed by atoms with Crippen LogP contribution in [0.25, 0.3) is 0 Å². The molecule has 7 nitrogen and oxygen atoms in total. The third-order valence-corrected chi connectivity index (χ3v) is 9.30. The minimum absolute atomic E-state index is 0.206. The van der Waals surface area contributed by atoms with Crippen molar-refractivity contribution in [2.45, 2.75) is 36.6 Å². The fourth-order valence-corrected chi connectivity index (χ4v) is 7.61. The van der Waals surface area contributed by atoms with Crippen molar-refractivity contribution in [3.8, 4) is 0 Å². The van der Waals surface area contributed by atoms with Gasteiger partial charge in [0.25, 0.3) is 0 Å². The summed E-state index contributed by atoms with van der Waals surface area (Å²) >= 11 is 5.66. The molecule has 180 valence electrons. The van der Waals surface area contributed by atoms with E-state index in [0.717, 1.165) is 26.9 Å². The van der Waals surface area contributed by atoms with Crippen molar-refractivity contribution in [1.29, 1.82) is 0 Å². The molecule has 2 aromatic carbocycles. The predicted molar refractivity (Wildman–Crippen MR) is 138 cm³/mol. The van der Waals surface area contributed by atoms with E-state index in [1.165, 1.54) is 21.2 Å². The lowest BCUT2D eigenvalue weighted by atomic mass is 9.83. The van der Waals surface area contributed by atoms with E-state index in [1.807, 2.05) is 43.3 Å². The Morgan fingerprint density at radius 2 is 1.71 bits per heavy atom. The number of anilines is 1. The molecule has 0 N–H and O–H groups in total. The van der Waals surface area contributed by atoms with E-state index in [2.05, 4.69) is 15.9 Å². The molecule has 1 saturated heterocycles. The molecule has 0 saturated carbocycles. The standard InChI is InChI=1S/C25H21BrN2O5S2/c1-3-33-17(29)12-27-24-21(35-25(27)32)18(14-6-8-15(26)9-7-14)19-20(34-24)23(31)28(22(19)30)16-10-4-13(2)5-11-16/h4-11,18-20H,3,12H2,1-2H3/t18-,19-,20+/m0/s1. The zero-order valence-electron chi connectivity index (χ0n) is 18.9. The van der Waals surface area contributed by atoms with Crippen LogP contribution in [0.5, 0.6) is 0 Å². The lowest BCUT2D eigenvalue weighted by Gasteiger charge is -2.30. The number of benzene rings is 2. The Labute approximate surface area is 218 Å². The number of carbonyl (C=O) groups is 3. The topological polar surface area (TPSA) is 85.7 Å². The lowest BCUT2D eigenvalue weighted by molar-refractivity contribution is -0.144. The van der Waals surface area contributed by atoms with Crippen molar-refractivity contribution in [2.24, 2.45) is 5.92 Å². The predicted octanol–water partition coefficient (Wildman–Crippen LogP) is 4.34. The lowest BCUT2D eigenvalue weighted by Crippen LogP contribution is -2.32. The van der Waals surface area contributed by atoms with Crippen LogP contribution in [0.1, 0.15) is 28.8 Å². The van der Waals surface area contributed by atoms with Crippen LogP contribution in [0.4, 0.5) is 5.69 Å². The molecule has 0 bridgehead atoms. The Morgan fingerprint density at radius 3 is 2.37 bits per heavy atom. The Balaban J connectivity index is 1.64. The van der Waals surface area contributed by atoms with Gasteiger partial charge in [-0.15, -0.1) is 0 Å². The highest BCUT2D eigenvalue weighted by molar-refractivity contribution is 9.10. The number of aryl methyl sites for hydroxylation is 1. The van der Waals surface area contributed by atoms with Gasteiger partial charge in [0, 0.05) is 15.3 Å². The number of rotatable bonds is 5. The van der Waals surface area contributed by atoms with E-state index < -0.39 is 23.1 Å². The van der Waals surface area contributed by atoms with Gasteiger partial charge in [0.1, 0.15) is 11.8 Å². The van der Waals surface area contributed by atoms with Crippen LogP contribution in [0, 0.1) is 12.8 Å². The molecule has 1 aromatic heterocycles. The molecule has 0 aliphatic carbocycles. The van der Waals surface area contributed by atoms with Crippen LogP contribution in [-0.4, -0.2) is 34.2 Å². The Bertz CT molecular complexity index is 1380. The van der Waals surface area contributed by atoms with E-state index in [0.29, 0.717) is 15.6 Å². The molecule has 1 fully saturated rings. The fraction of sp³-hybridized carbons (Fsp3) is 0.280. The number of halogens is 1. The second-order valence-corrected chi connectivity index (χ2v) is 11.4. The maximum atomic E-state index is 13.8. The van der Waals surface area contributed by atoms with Gasteiger partial charge in [0.05, 0.1) is 23.2 Å². The maximum absolute atomic E-state index is 13.8. The Morgan fingerprint density at radius 1 is 1.03 bits per heavy atom. The number of imide groups is 1. The molecular weight excluding hydrogens is 552 g/mol. The molecule has 35 heavy (non-hydrogen) atoms. The summed E-state index contributed by atoms with van der Waals surface area (Å²) in [7, 11) is 0. The first kappa shape index (κ1) is 24.0. The van der Waals surface area contributed by atoms with Crippen molar-refractivity contribution in [3.05, 3.63) is 78.7 Å². The average molecular weight is 573 g/mol. The van der Waals surface area contributed by atoms with Gasteiger partial charge in [0.15, 0.2) is 0 Å². The number of aromatic nitrogens is 1. The number of amides is 2. The van der Waals surface area contributed by atoms with E-state index in [4.69, 9.17) is 4.74 Å². The fourth-order valence-electron chi connectivity index (χ4n) is 4.57. The van der Waals surface area contributed by atoms with E-state index in [1.54, 1.807) is 19.1 Å². The molecule has 3 aromatic rings. The summed E-state index contributed by atoms with van der Waals surface area (Å²) in [4.78, 5) is 54.2. The number of hydrogen-bond acceptors (Lipinski definition) is 7. The average Bonchev–Trinajstić information content (AvgIpc) is 3.27. The first-order valence-electron chi connectivity index (χ1n) is 11.1. The van der Waals surface area contributed by atoms with Crippen molar-refractivity contribution in [2.75, 3.05) is 11.5 Å². The van der Waals surface area contributed by atoms with Gasteiger partial charge in [-0.3, -0.25) is 23.7 Å². The second kappa shape index (κ2) is 9.40. The molecule has 10 heteroatoms. The van der Waals surface area contributed by atoms with E-state index in [9.17, 15) is 19.2 Å². The van der Waals surface area contributed by atoms with Gasteiger partial charge in [-0.1, -0.05) is 68.9 Å².